The standard InChI is InChI=1S/C11H9F6NO2/c1-20-9(19)8(18)5-2-6(10(12,13)14)4-7(3-5)11(15,16)17/h2-4,8H,18H2,1H3/t8-/m1/s1. The van der Waals surface area contributed by atoms with Crippen LogP contribution in [0.5, 0.6) is 0 Å². The highest BCUT2D eigenvalue weighted by Crippen LogP contribution is 2.37. The Balaban J connectivity index is 3.42. The van der Waals surface area contributed by atoms with E-state index in [0.29, 0.717) is 12.1 Å². The molecule has 1 rings (SSSR count). The van der Waals surface area contributed by atoms with Gasteiger partial charge in [-0.3, -0.25) is 4.79 Å². The number of halogens is 6. The molecule has 0 fully saturated rings. The van der Waals surface area contributed by atoms with Gasteiger partial charge in [0.15, 0.2) is 0 Å². The van der Waals surface area contributed by atoms with Crippen LogP contribution in [0.3, 0.4) is 0 Å². The Kier molecular flexibility index (Phi) is 4.33. The number of nitrogens with two attached hydrogens (primary N) is 1. The molecule has 0 heterocycles. The van der Waals surface area contributed by atoms with Crippen molar-refractivity contribution in [2.45, 2.75) is 18.4 Å². The average molecular weight is 301 g/mol. The summed E-state index contributed by atoms with van der Waals surface area (Å²) in [5, 5.41) is 0. The molecule has 1 aromatic carbocycles. The van der Waals surface area contributed by atoms with Crippen LogP contribution in [0.1, 0.15) is 22.7 Å². The van der Waals surface area contributed by atoms with Gasteiger partial charge < -0.3 is 10.5 Å². The molecule has 0 bridgehead atoms. The van der Waals surface area contributed by atoms with Crippen molar-refractivity contribution in [3.05, 3.63) is 34.9 Å². The summed E-state index contributed by atoms with van der Waals surface area (Å²) in [4.78, 5) is 11.1. The van der Waals surface area contributed by atoms with Crippen LogP contribution in [0.2, 0.25) is 0 Å². The zero-order valence-electron chi connectivity index (χ0n) is 9.97. The largest absolute Gasteiger partial charge is 0.468 e. The topological polar surface area (TPSA) is 52.3 Å². The normalized spacial score (nSPS) is 14.0. The Bertz CT molecular complexity index is 476. The summed E-state index contributed by atoms with van der Waals surface area (Å²) < 4.78 is 79.5. The number of ether oxygens (including phenoxy) is 1. The Morgan fingerprint density at radius 3 is 1.75 bits per heavy atom. The average Bonchev–Trinajstić information content (AvgIpc) is 2.34. The fourth-order valence-corrected chi connectivity index (χ4v) is 1.42. The highest BCUT2D eigenvalue weighted by atomic mass is 19.4. The Labute approximate surface area is 109 Å². The first-order valence-corrected chi connectivity index (χ1v) is 5.09. The third-order valence-electron chi connectivity index (χ3n) is 2.42. The third kappa shape index (κ3) is 3.62. The Morgan fingerprint density at radius 1 is 1.05 bits per heavy atom. The van der Waals surface area contributed by atoms with E-state index in [4.69, 9.17) is 5.73 Å². The number of rotatable bonds is 2. The summed E-state index contributed by atoms with van der Waals surface area (Å²) in [6.07, 6.45) is -9.99. The van der Waals surface area contributed by atoms with Crippen LogP contribution in [-0.4, -0.2) is 13.1 Å². The van der Waals surface area contributed by atoms with E-state index < -0.39 is 41.1 Å². The first kappa shape index (κ1) is 16.3. The van der Waals surface area contributed by atoms with E-state index in [1.807, 2.05) is 0 Å². The molecule has 0 unspecified atom stereocenters. The van der Waals surface area contributed by atoms with E-state index in [2.05, 4.69) is 4.74 Å². The maximum atomic E-state index is 12.6. The molecule has 0 spiro atoms. The van der Waals surface area contributed by atoms with Crippen LogP contribution in [0.15, 0.2) is 18.2 Å². The summed E-state index contributed by atoms with van der Waals surface area (Å²) in [6.45, 7) is 0. The van der Waals surface area contributed by atoms with Crippen LogP contribution in [0, 0.1) is 0 Å². The van der Waals surface area contributed by atoms with Crippen molar-refractivity contribution in [1.29, 1.82) is 0 Å². The van der Waals surface area contributed by atoms with E-state index in [-0.39, 0.29) is 6.07 Å². The first-order chi connectivity index (χ1) is 8.96. The number of esters is 1. The van der Waals surface area contributed by atoms with Crippen LogP contribution in [0.25, 0.3) is 0 Å². The van der Waals surface area contributed by atoms with Crippen molar-refractivity contribution in [3.63, 3.8) is 0 Å². The predicted molar refractivity (Wildman–Crippen MR) is 55.4 cm³/mol. The molecule has 1 aromatic rings. The second kappa shape index (κ2) is 5.31. The molecule has 0 saturated carbocycles. The molecule has 9 heteroatoms. The molecule has 2 N–H and O–H groups in total. The molecule has 0 aromatic heterocycles. The Morgan fingerprint density at radius 2 is 1.45 bits per heavy atom. The van der Waals surface area contributed by atoms with E-state index in [9.17, 15) is 31.1 Å². The number of hydrogen-bond donors (Lipinski definition) is 1. The number of carbonyl (C=O) groups is 1. The van der Waals surface area contributed by atoms with Gasteiger partial charge in [-0.1, -0.05) is 0 Å². The molecule has 3 nitrogen and oxygen atoms in total. The second-order valence-corrected chi connectivity index (χ2v) is 3.84. The molecule has 0 aliphatic heterocycles. The molecule has 112 valence electrons. The number of alkyl halides is 6. The van der Waals surface area contributed by atoms with Gasteiger partial charge in [0.25, 0.3) is 0 Å². The van der Waals surface area contributed by atoms with Gasteiger partial charge in [0.05, 0.1) is 18.2 Å². The summed E-state index contributed by atoms with van der Waals surface area (Å²) >= 11 is 0. The first-order valence-electron chi connectivity index (χ1n) is 5.09. The second-order valence-electron chi connectivity index (χ2n) is 3.84. The van der Waals surface area contributed by atoms with Gasteiger partial charge in [-0.15, -0.1) is 0 Å². The number of carbonyl (C=O) groups excluding carboxylic acids is 1. The third-order valence-corrected chi connectivity index (χ3v) is 2.42. The van der Waals surface area contributed by atoms with Gasteiger partial charge in [0.1, 0.15) is 6.04 Å². The summed E-state index contributed by atoms with van der Waals surface area (Å²) in [5.41, 5.74) is 1.56. The van der Waals surface area contributed by atoms with Crippen molar-refractivity contribution >= 4 is 5.97 Å². The van der Waals surface area contributed by atoms with Crippen LogP contribution >= 0.6 is 0 Å². The van der Waals surface area contributed by atoms with E-state index in [1.165, 1.54) is 0 Å². The molecule has 0 amide bonds. The lowest BCUT2D eigenvalue weighted by Gasteiger charge is -2.16. The molecule has 0 aliphatic rings. The minimum Gasteiger partial charge on any atom is -0.468 e. The van der Waals surface area contributed by atoms with E-state index >= 15 is 0 Å². The molecule has 0 saturated heterocycles. The van der Waals surface area contributed by atoms with E-state index in [0.717, 1.165) is 7.11 Å². The van der Waals surface area contributed by atoms with Crippen molar-refractivity contribution in [2.75, 3.05) is 7.11 Å². The van der Waals surface area contributed by atoms with Crippen LogP contribution in [-0.2, 0) is 21.9 Å². The SMILES string of the molecule is COC(=O)[C@H](N)c1cc(C(F)(F)F)cc(C(F)(F)F)c1. The Hall–Kier alpha value is -1.77. The van der Waals surface area contributed by atoms with Crippen LogP contribution < -0.4 is 5.73 Å². The number of benzene rings is 1. The fourth-order valence-electron chi connectivity index (χ4n) is 1.42. The minimum absolute atomic E-state index is 0.0481. The summed E-state index contributed by atoms with van der Waals surface area (Å²) in [6, 6.07) is -1.01. The minimum atomic E-state index is -4.99. The van der Waals surface area contributed by atoms with Gasteiger partial charge in [0, 0.05) is 0 Å². The highest BCUT2D eigenvalue weighted by molar-refractivity contribution is 5.77. The fraction of sp³-hybridized carbons (Fsp3) is 0.364. The van der Waals surface area contributed by atoms with Gasteiger partial charge >= 0.3 is 18.3 Å². The lowest BCUT2D eigenvalue weighted by molar-refractivity contribution is -0.145. The van der Waals surface area contributed by atoms with Gasteiger partial charge in [-0.2, -0.15) is 26.3 Å². The van der Waals surface area contributed by atoms with Crippen molar-refractivity contribution in [2.24, 2.45) is 5.73 Å². The molecule has 1 atom stereocenters. The molecular weight excluding hydrogens is 292 g/mol. The summed E-state index contributed by atoms with van der Waals surface area (Å²) in [5.74, 6) is -1.14. The van der Waals surface area contributed by atoms with Crippen molar-refractivity contribution in [1.82, 2.24) is 0 Å². The lowest BCUT2D eigenvalue weighted by atomic mass is 10.00. The highest BCUT2D eigenvalue weighted by Gasteiger charge is 2.37. The smallest absolute Gasteiger partial charge is 0.416 e. The van der Waals surface area contributed by atoms with Crippen molar-refractivity contribution in [3.8, 4) is 0 Å². The van der Waals surface area contributed by atoms with Gasteiger partial charge in [-0.25, -0.2) is 0 Å². The monoisotopic (exact) mass is 301 g/mol. The molecule has 20 heavy (non-hydrogen) atoms. The van der Waals surface area contributed by atoms with Gasteiger partial charge in [0.2, 0.25) is 0 Å². The maximum Gasteiger partial charge on any atom is 0.416 e. The quantitative estimate of drug-likeness (QED) is 0.675. The zero-order valence-corrected chi connectivity index (χ0v) is 9.97. The molecule has 0 aliphatic carbocycles. The van der Waals surface area contributed by atoms with Crippen molar-refractivity contribution < 1.29 is 35.9 Å². The molecule has 0 radical (unpaired) electrons. The maximum absolute atomic E-state index is 12.6. The number of methoxy groups -OCH3 is 1. The van der Waals surface area contributed by atoms with E-state index in [1.54, 1.807) is 0 Å². The van der Waals surface area contributed by atoms with Gasteiger partial charge in [-0.05, 0) is 23.8 Å². The predicted octanol–water partition coefficient (Wildman–Crippen LogP) is 2.90. The summed E-state index contributed by atoms with van der Waals surface area (Å²) in [7, 11) is 0.917. The lowest BCUT2D eigenvalue weighted by Crippen LogP contribution is -2.24. The van der Waals surface area contributed by atoms with Crippen LogP contribution in [0.4, 0.5) is 26.3 Å². The molecular formula is C11H9F6NO2. The number of hydrogen-bond acceptors (Lipinski definition) is 3. The zero-order chi connectivity index (χ0) is 15.7.